The lowest BCUT2D eigenvalue weighted by atomic mass is 9.74. The molecular weight excluding hydrogens is 750 g/mol. The number of amides is 3. The zero-order chi connectivity index (χ0) is 42.3. The summed E-state index contributed by atoms with van der Waals surface area (Å²) < 4.78 is 83.7. The molecule has 2 aromatic rings. The minimum atomic E-state index is -4.41. The largest absolute Gasteiger partial charge is 0.444 e. The van der Waals surface area contributed by atoms with E-state index in [4.69, 9.17) is 10.5 Å². The maximum Gasteiger partial charge on any atom is 0.416 e. The smallest absolute Gasteiger partial charge is 0.416 e. The molecular formula is C43H58F6N4O4. The van der Waals surface area contributed by atoms with E-state index in [0.717, 1.165) is 36.1 Å². The van der Waals surface area contributed by atoms with Gasteiger partial charge in [0, 0.05) is 38.3 Å². The molecule has 0 radical (unpaired) electrons. The first-order chi connectivity index (χ1) is 26.3. The van der Waals surface area contributed by atoms with Crippen LogP contribution in [0.3, 0.4) is 0 Å². The van der Waals surface area contributed by atoms with Gasteiger partial charge in [-0.25, -0.2) is 4.79 Å². The van der Waals surface area contributed by atoms with Crippen molar-refractivity contribution in [2.75, 3.05) is 13.1 Å². The van der Waals surface area contributed by atoms with Gasteiger partial charge in [0.1, 0.15) is 5.60 Å². The van der Waals surface area contributed by atoms with Crippen molar-refractivity contribution in [3.63, 3.8) is 0 Å². The molecule has 3 N–H and O–H groups in total. The quantitative estimate of drug-likeness (QED) is 0.294. The van der Waals surface area contributed by atoms with E-state index in [1.54, 1.807) is 36.6 Å². The van der Waals surface area contributed by atoms with E-state index in [1.807, 2.05) is 27.7 Å². The monoisotopic (exact) mass is 808 g/mol. The Balaban J connectivity index is 0.000000224. The van der Waals surface area contributed by atoms with Gasteiger partial charge in [0.15, 0.2) is 0 Å². The van der Waals surface area contributed by atoms with E-state index >= 15 is 0 Å². The summed E-state index contributed by atoms with van der Waals surface area (Å²) in [5, 5.41) is 2.89. The molecule has 1 unspecified atom stereocenters. The van der Waals surface area contributed by atoms with Gasteiger partial charge < -0.3 is 25.6 Å². The number of nitrogens with one attached hydrogen (secondary N) is 1. The highest BCUT2D eigenvalue weighted by Gasteiger charge is 2.51. The molecule has 2 heterocycles. The number of carbonyl (C=O) groups is 3. The first kappa shape index (κ1) is 44.3. The lowest BCUT2D eigenvalue weighted by Crippen LogP contribution is -2.48. The Labute approximate surface area is 332 Å². The maximum atomic E-state index is 13.7. The SMILES string of the molecule is CC(C)[C@]1(C(=O)N2CCc3ccc(C(F)(F)F)cc3C2)CCC(N)C1.CC(C)[C@]1(C(=O)N2CCc3ccc(C(F)(F)F)cc3C2)CC[C@@H](NC(=O)OC(C)(C)C)C1. The van der Waals surface area contributed by atoms with Crippen LogP contribution in [0.15, 0.2) is 36.4 Å². The molecule has 316 valence electrons. The summed E-state index contributed by atoms with van der Waals surface area (Å²) in [6, 6.07) is 7.51. The van der Waals surface area contributed by atoms with Crippen LogP contribution in [0.1, 0.15) is 120 Å². The van der Waals surface area contributed by atoms with Crippen LogP contribution in [-0.2, 0) is 52.6 Å². The number of fused-ring (bicyclic) bond motifs is 2. The number of alkyl halides is 6. The summed E-state index contributed by atoms with van der Waals surface area (Å²) in [6.07, 6.45) is -4.12. The number of halogens is 6. The molecule has 0 aromatic heterocycles. The minimum Gasteiger partial charge on any atom is -0.444 e. The maximum absolute atomic E-state index is 13.7. The van der Waals surface area contributed by atoms with Gasteiger partial charge in [-0.15, -0.1) is 0 Å². The van der Waals surface area contributed by atoms with E-state index in [0.29, 0.717) is 62.7 Å². The first-order valence-corrected chi connectivity index (χ1v) is 20.1. The number of hydrogen-bond donors (Lipinski definition) is 2. The molecule has 2 aliphatic heterocycles. The zero-order valence-corrected chi connectivity index (χ0v) is 34.1. The Hall–Kier alpha value is -3.81. The number of nitrogens with zero attached hydrogens (tertiary/aromatic N) is 2. The number of hydrogen-bond acceptors (Lipinski definition) is 5. The summed E-state index contributed by atoms with van der Waals surface area (Å²) >= 11 is 0. The molecule has 57 heavy (non-hydrogen) atoms. The van der Waals surface area contributed by atoms with Gasteiger partial charge in [-0.2, -0.15) is 26.3 Å². The van der Waals surface area contributed by atoms with Crippen molar-refractivity contribution in [2.24, 2.45) is 28.4 Å². The second-order valence-electron chi connectivity index (χ2n) is 18.1. The van der Waals surface area contributed by atoms with E-state index in [-0.39, 0.29) is 48.8 Å². The molecule has 6 rings (SSSR count). The Morgan fingerprint density at radius 3 is 1.54 bits per heavy atom. The molecule has 2 fully saturated rings. The number of alkyl carbamates (subject to hydrolysis) is 1. The van der Waals surface area contributed by atoms with Crippen LogP contribution in [0.5, 0.6) is 0 Å². The topological polar surface area (TPSA) is 105 Å². The molecule has 2 saturated carbocycles. The highest BCUT2D eigenvalue weighted by atomic mass is 19.4. The fourth-order valence-corrected chi connectivity index (χ4v) is 9.16. The minimum absolute atomic E-state index is 0.0280. The lowest BCUT2D eigenvalue weighted by molar-refractivity contribution is -0.146. The summed E-state index contributed by atoms with van der Waals surface area (Å²) in [4.78, 5) is 42.6. The van der Waals surface area contributed by atoms with Gasteiger partial charge in [0.25, 0.3) is 0 Å². The number of benzene rings is 2. The van der Waals surface area contributed by atoms with Crippen LogP contribution >= 0.6 is 0 Å². The van der Waals surface area contributed by atoms with Crippen molar-refractivity contribution in [3.8, 4) is 0 Å². The van der Waals surface area contributed by atoms with E-state index in [2.05, 4.69) is 5.32 Å². The van der Waals surface area contributed by atoms with Crippen LogP contribution in [0, 0.1) is 22.7 Å². The molecule has 4 aliphatic rings. The molecule has 0 bridgehead atoms. The normalized spacial score (nSPS) is 25.1. The number of carbonyl (C=O) groups excluding carboxylic acids is 3. The Morgan fingerprint density at radius 2 is 1.16 bits per heavy atom. The van der Waals surface area contributed by atoms with Crippen molar-refractivity contribution < 1.29 is 45.5 Å². The standard InChI is InChI=1S/C24H33F3N2O3.C19H25F3N2O/c1-15(2)23(10-8-19(13-23)28-21(31)32-22(3,4)5)20(30)29-11-9-16-6-7-18(24(25,26)27)12-17(16)14-29;1-12(2)18(7-5-16(23)10-18)17(25)24-8-6-13-3-4-15(19(20,21)22)9-14(13)11-24/h6-7,12,15,19H,8-11,13-14H2,1-5H3,(H,28,31);3-4,9,12,16H,5-8,10-11,23H2,1-2H3/t19-,23+;16?,18-/m10/s1. The zero-order valence-electron chi connectivity index (χ0n) is 34.1. The van der Waals surface area contributed by atoms with Crippen molar-refractivity contribution >= 4 is 17.9 Å². The first-order valence-electron chi connectivity index (χ1n) is 20.1. The Kier molecular flexibility index (Phi) is 12.8. The predicted octanol–water partition coefficient (Wildman–Crippen LogP) is 9.05. The van der Waals surface area contributed by atoms with E-state index < -0.39 is 46.0 Å². The highest BCUT2D eigenvalue weighted by Crippen LogP contribution is 2.48. The third-order valence-corrected chi connectivity index (χ3v) is 12.6. The Morgan fingerprint density at radius 1 is 0.719 bits per heavy atom. The fraction of sp³-hybridized carbons (Fsp3) is 0.651. The summed E-state index contributed by atoms with van der Waals surface area (Å²) in [7, 11) is 0. The van der Waals surface area contributed by atoms with Gasteiger partial charge in [-0.3, -0.25) is 9.59 Å². The molecule has 0 spiro atoms. The number of rotatable bonds is 5. The average molecular weight is 809 g/mol. The van der Waals surface area contributed by atoms with Crippen LogP contribution in [-0.4, -0.2) is 58.5 Å². The van der Waals surface area contributed by atoms with E-state index in [9.17, 15) is 40.7 Å². The Bertz CT molecular complexity index is 1800. The molecule has 0 saturated heterocycles. The second-order valence-corrected chi connectivity index (χ2v) is 18.1. The fourth-order valence-electron chi connectivity index (χ4n) is 9.16. The molecule has 14 heteroatoms. The van der Waals surface area contributed by atoms with Crippen LogP contribution in [0.25, 0.3) is 0 Å². The third kappa shape index (κ3) is 9.91. The number of nitrogens with two attached hydrogens (primary N) is 1. The highest BCUT2D eigenvalue weighted by molar-refractivity contribution is 5.84. The van der Waals surface area contributed by atoms with Gasteiger partial charge in [0.05, 0.1) is 22.0 Å². The van der Waals surface area contributed by atoms with Crippen molar-refractivity contribution in [1.29, 1.82) is 0 Å². The predicted molar refractivity (Wildman–Crippen MR) is 205 cm³/mol. The number of ether oxygens (including phenoxy) is 1. The summed E-state index contributed by atoms with van der Waals surface area (Å²) in [5.41, 5.74) is 5.91. The molecule has 2 aliphatic carbocycles. The lowest BCUT2D eigenvalue weighted by Gasteiger charge is -2.39. The van der Waals surface area contributed by atoms with Crippen LogP contribution in [0.4, 0.5) is 31.1 Å². The average Bonchev–Trinajstić information content (AvgIpc) is 3.74. The van der Waals surface area contributed by atoms with Crippen LogP contribution < -0.4 is 11.1 Å². The second kappa shape index (κ2) is 16.4. The van der Waals surface area contributed by atoms with Crippen LogP contribution in [0.2, 0.25) is 0 Å². The van der Waals surface area contributed by atoms with E-state index in [1.165, 1.54) is 18.2 Å². The van der Waals surface area contributed by atoms with Gasteiger partial charge in [-0.1, -0.05) is 39.8 Å². The molecule has 2 aromatic carbocycles. The third-order valence-electron chi connectivity index (χ3n) is 12.6. The van der Waals surface area contributed by atoms with Gasteiger partial charge >= 0.3 is 18.4 Å². The molecule has 8 nitrogen and oxygen atoms in total. The molecule has 3 amide bonds. The summed E-state index contributed by atoms with van der Waals surface area (Å²) in [6.45, 7) is 14.9. The van der Waals surface area contributed by atoms with Gasteiger partial charge in [0.2, 0.25) is 11.8 Å². The van der Waals surface area contributed by atoms with Crippen molar-refractivity contribution in [1.82, 2.24) is 15.1 Å². The molecule has 4 atom stereocenters. The van der Waals surface area contributed by atoms with Crippen molar-refractivity contribution in [3.05, 3.63) is 69.8 Å². The van der Waals surface area contributed by atoms with Crippen molar-refractivity contribution in [2.45, 2.75) is 143 Å². The summed E-state index contributed by atoms with van der Waals surface area (Å²) in [5.74, 6) is 0.211. The van der Waals surface area contributed by atoms with Gasteiger partial charge in [-0.05, 0) is 130 Å².